The molecule has 4 atom stereocenters. The van der Waals surface area contributed by atoms with Crippen molar-refractivity contribution in [2.24, 2.45) is 17.8 Å². The van der Waals surface area contributed by atoms with Crippen LogP contribution in [0.15, 0.2) is 6.20 Å². The minimum Gasteiger partial charge on any atom is -0.376 e. The van der Waals surface area contributed by atoms with Crippen molar-refractivity contribution in [3.05, 3.63) is 11.9 Å². The molecule has 150 valence electrons. The topological polar surface area (TPSA) is 43.2 Å². The predicted octanol–water partition coefficient (Wildman–Crippen LogP) is 3.59. The van der Waals surface area contributed by atoms with Crippen molar-refractivity contribution in [2.45, 2.75) is 63.0 Å². The molecule has 6 heteroatoms. The molecule has 0 N–H and O–H groups in total. The molecular weight excluding hydrogens is 356 g/mol. The Hall–Kier alpha value is -0.590. The van der Waals surface area contributed by atoms with Gasteiger partial charge in [-0.05, 0) is 81.3 Å². The first kappa shape index (κ1) is 18.4. The van der Waals surface area contributed by atoms with Gasteiger partial charge in [0.15, 0.2) is 0 Å². The van der Waals surface area contributed by atoms with Crippen LogP contribution in [-0.4, -0.2) is 64.2 Å². The second-order valence-corrected chi connectivity index (χ2v) is 10.4. The van der Waals surface area contributed by atoms with Crippen LogP contribution in [0.1, 0.15) is 62.6 Å². The first-order valence-corrected chi connectivity index (χ1v) is 12.4. The molecule has 3 aliphatic carbocycles. The largest absolute Gasteiger partial charge is 0.376 e. The maximum absolute atomic E-state index is 6.49. The molecule has 0 spiro atoms. The first-order valence-electron chi connectivity index (χ1n) is 11.0. The predicted molar refractivity (Wildman–Crippen MR) is 109 cm³/mol. The van der Waals surface area contributed by atoms with Crippen LogP contribution in [-0.2, 0) is 4.74 Å². The van der Waals surface area contributed by atoms with Crippen molar-refractivity contribution in [1.82, 2.24) is 19.9 Å². The van der Waals surface area contributed by atoms with E-state index in [1.54, 1.807) is 0 Å². The van der Waals surface area contributed by atoms with Crippen molar-refractivity contribution < 1.29 is 4.74 Å². The second-order valence-electron chi connectivity index (χ2n) is 9.38. The number of ether oxygens (including phenoxy) is 1. The van der Waals surface area contributed by atoms with E-state index >= 15 is 0 Å². The lowest BCUT2D eigenvalue weighted by Crippen LogP contribution is -2.38. The fourth-order valence-corrected chi connectivity index (χ4v) is 5.54. The van der Waals surface area contributed by atoms with Crippen molar-refractivity contribution >= 4 is 11.8 Å². The number of hydrogen-bond acceptors (Lipinski definition) is 5. The van der Waals surface area contributed by atoms with E-state index in [-0.39, 0.29) is 0 Å². The Bertz CT molecular complexity index is 629. The zero-order chi connectivity index (χ0) is 18.2. The SMILES string of the molecule is CSCCCN1C[C@H]2C[C@@H](n3cc(C4CC4)nn3)[C@H](OCC3CC3)C[C@H]2C1. The maximum atomic E-state index is 6.49. The molecule has 1 aliphatic heterocycles. The minimum absolute atomic E-state index is 0.326. The molecule has 0 radical (unpaired) electrons. The lowest BCUT2D eigenvalue weighted by Gasteiger charge is -2.37. The quantitative estimate of drug-likeness (QED) is 0.603. The Morgan fingerprint density at radius 3 is 2.70 bits per heavy atom. The molecule has 0 unspecified atom stereocenters. The Morgan fingerprint density at radius 2 is 1.96 bits per heavy atom. The average Bonchev–Trinajstić information content (AvgIpc) is 3.60. The number of hydrogen-bond donors (Lipinski definition) is 0. The zero-order valence-corrected chi connectivity index (χ0v) is 17.4. The lowest BCUT2D eigenvalue weighted by atomic mass is 9.77. The van der Waals surface area contributed by atoms with Crippen LogP contribution >= 0.6 is 11.8 Å². The number of thioether (sulfide) groups is 1. The summed E-state index contributed by atoms with van der Waals surface area (Å²) in [7, 11) is 0. The average molecular weight is 391 g/mol. The van der Waals surface area contributed by atoms with Gasteiger partial charge in [-0.1, -0.05) is 5.21 Å². The molecule has 27 heavy (non-hydrogen) atoms. The number of rotatable bonds is 9. The Morgan fingerprint density at radius 1 is 1.15 bits per heavy atom. The van der Waals surface area contributed by atoms with Gasteiger partial charge in [-0.3, -0.25) is 0 Å². The summed E-state index contributed by atoms with van der Waals surface area (Å²) in [5, 5.41) is 9.05. The van der Waals surface area contributed by atoms with E-state index < -0.39 is 0 Å². The minimum atomic E-state index is 0.326. The van der Waals surface area contributed by atoms with E-state index in [1.165, 1.54) is 76.0 Å². The third-order valence-electron chi connectivity index (χ3n) is 7.09. The Balaban J connectivity index is 1.26. The van der Waals surface area contributed by atoms with Gasteiger partial charge in [0, 0.05) is 31.8 Å². The first-order chi connectivity index (χ1) is 13.3. The van der Waals surface area contributed by atoms with Crippen molar-refractivity contribution in [3.8, 4) is 0 Å². The molecule has 5 rings (SSSR count). The summed E-state index contributed by atoms with van der Waals surface area (Å²) in [6, 6.07) is 0.385. The highest BCUT2D eigenvalue weighted by Gasteiger charge is 2.44. The summed E-state index contributed by atoms with van der Waals surface area (Å²) in [5.74, 6) is 4.40. The van der Waals surface area contributed by atoms with E-state index in [2.05, 4.69) is 32.3 Å². The van der Waals surface area contributed by atoms with E-state index in [0.717, 1.165) is 24.4 Å². The summed E-state index contributed by atoms with van der Waals surface area (Å²) >= 11 is 1.97. The van der Waals surface area contributed by atoms with Crippen molar-refractivity contribution in [1.29, 1.82) is 0 Å². The van der Waals surface area contributed by atoms with Gasteiger partial charge in [-0.25, -0.2) is 4.68 Å². The molecule has 1 aromatic heterocycles. The molecule has 2 heterocycles. The molecule has 5 nitrogen and oxygen atoms in total. The summed E-state index contributed by atoms with van der Waals surface area (Å²) in [5.41, 5.74) is 1.21. The van der Waals surface area contributed by atoms with Gasteiger partial charge < -0.3 is 9.64 Å². The van der Waals surface area contributed by atoms with E-state index in [4.69, 9.17) is 4.74 Å². The maximum Gasteiger partial charge on any atom is 0.0858 e. The van der Waals surface area contributed by atoms with Gasteiger partial charge in [0.05, 0.1) is 17.8 Å². The zero-order valence-electron chi connectivity index (χ0n) is 16.6. The van der Waals surface area contributed by atoms with Gasteiger partial charge in [-0.15, -0.1) is 5.10 Å². The highest BCUT2D eigenvalue weighted by atomic mass is 32.2. The van der Waals surface area contributed by atoms with Crippen molar-refractivity contribution in [2.75, 3.05) is 38.2 Å². The summed E-state index contributed by atoms with van der Waals surface area (Å²) < 4.78 is 8.67. The normalized spacial score (nSPS) is 34.1. The Labute approximate surface area is 167 Å². The van der Waals surface area contributed by atoms with Gasteiger partial charge in [-0.2, -0.15) is 11.8 Å². The molecule has 3 saturated carbocycles. The molecule has 0 aromatic carbocycles. The standard InChI is InChI=1S/C21H34N4OS/c1-27-8-2-7-24-11-17-9-20(25-13-19(22-23-25)16-5-6-16)21(10-18(17)12-24)26-14-15-3-4-15/h13,15-18,20-21H,2-12,14H2,1H3/t17-,18+,20-,21-/m1/s1. The van der Waals surface area contributed by atoms with Gasteiger partial charge in [0.2, 0.25) is 0 Å². The summed E-state index contributed by atoms with van der Waals surface area (Å²) in [6.07, 6.45) is 13.8. The third-order valence-corrected chi connectivity index (χ3v) is 7.79. The number of nitrogens with zero attached hydrogens (tertiary/aromatic N) is 4. The van der Waals surface area contributed by atoms with Gasteiger partial charge >= 0.3 is 0 Å². The molecule has 4 fully saturated rings. The third kappa shape index (κ3) is 4.38. The monoisotopic (exact) mass is 390 g/mol. The van der Waals surface area contributed by atoms with Crippen LogP contribution in [0, 0.1) is 17.8 Å². The highest BCUT2D eigenvalue weighted by Crippen LogP contribution is 2.44. The molecule has 0 amide bonds. The fourth-order valence-electron chi connectivity index (χ4n) is 5.12. The number of likely N-dealkylation sites (tertiary alicyclic amines) is 1. The highest BCUT2D eigenvalue weighted by molar-refractivity contribution is 7.98. The molecular formula is C21H34N4OS. The van der Waals surface area contributed by atoms with Gasteiger partial charge in [0.25, 0.3) is 0 Å². The smallest absolute Gasteiger partial charge is 0.0858 e. The number of aromatic nitrogens is 3. The summed E-state index contributed by atoms with van der Waals surface area (Å²) in [4.78, 5) is 2.71. The Kier molecular flexibility index (Phi) is 5.49. The van der Waals surface area contributed by atoms with Crippen LogP contribution in [0.3, 0.4) is 0 Å². The number of fused-ring (bicyclic) bond motifs is 1. The fraction of sp³-hybridized carbons (Fsp3) is 0.905. The van der Waals surface area contributed by atoms with E-state index in [9.17, 15) is 0 Å². The molecule has 0 bridgehead atoms. The second kappa shape index (κ2) is 8.03. The van der Waals surface area contributed by atoms with Crippen LogP contribution in [0.25, 0.3) is 0 Å². The summed E-state index contributed by atoms with van der Waals surface area (Å²) in [6.45, 7) is 4.77. The van der Waals surface area contributed by atoms with Crippen LogP contribution in [0.4, 0.5) is 0 Å². The van der Waals surface area contributed by atoms with Crippen molar-refractivity contribution in [3.63, 3.8) is 0 Å². The lowest BCUT2D eigenvalue weighted by molar-refractivity contribution is -0.0375. The van der Waals surface area contributed by atoms with Gasteiger partial charge in [0.1, 0.15) is 0 Å². The molecule has 4 aliphatic rings. The van der Waals surface area contributed by atoms with Crippen LogP contribution in [0.5, 0.6) is 0 Å². The van der Waals surface area contributed by atoms with E-state index in [1.807, 2.05) is 11.8 Å². The van der Waals surface area contributed by atoms with E-state index in [0.29, 0.717) is 18.1 Å². The van der Waals surface area contributed by atoms with Crippen LogP contribution in [0.2, 0.25) is 0 Å². The van der Waals surface area contributed by atoms with Crippen LogP contribution < -0.4 is 0 Å². The molecule has 1 aromatic rings. The molecule has 1 saturated heterocycles.